The molecular formula is C13H14N4O2S. The minimum absolute atomic E-state index is 0.0734. The van der Waals surface area contributed by atoms with Gasteiger partial charge in [-0.15, -0.1) is 0 Å². The first-order chi connectivity index (χ1) is 9.75. The van der Waals surface area contributed by atoms with E-state index in [2.05, 4.69) is 13.6 Å². The van der Waals surface area contributed by atoms with Crippen molar-refractivity contribution in [2.75, 3.05) is 31.1 Å². The van der Waals surface area contributed by atoms with Crippen molar-refractivity contribution in [2.45, 2.75) is 0 Å². The number of benzene rings is 1. The third kappa shape index (κ3) is 2.44. The summed E-state index contributed by atoms with van der Waals surface area (Å²) in [5, 5.41) is 9.85. The maximum absolute atomic E-state index is 12.1. The Kier molecular flexibility index (Phi) is 3.51. The normalized spacial score (nSPS) is 15.4. The van der Waals surface area contributed by atoms with Gasteiger partial charge in [0, 0.05) is 26.2 Å². The molecule has 0 bridgehead atoms. The predicted molar refractivity (Wildman–Crippen MR) is 76.1 cm³/mol. The molecule has 0 unspecified atom stereocenters. The van der Waals surface area contributed by atoms with Crippen LogP contribution in [0.3, 0.4) is 0 Å². The molecule has 1 aromatic heterocycles. The van der Waals surface area contributed by atoms with Gasteiger partial charge in [0.05, 0.1) is 23.6 Å². The van der Waals surface area contributed by atoms with Crippen LogP contribution < -0.4 is 4.90 Å². The smallest absolute Gasteiger partial charge is 0.275 e. The zero-order chi connectivity index (χ0) is 13.9. The van der Waals surface area contributed by atoms with E-state index in [0.29, 0.717) is 31.9 Å². The molecule has 104 valence electrons. The number of anilines is 1. The summed E-state index contributed by atoms with van der Waals surface area (Å²) in [6, 6.07) is 7.26. The average Bonchev–Trinajstić information content (AvgIpc) is 3.01. The highest BCUT2D eigenvalue weighted by molar-refractivity contribution is 6.99. The summed E-state index contributed by atoms with van der Waals surface area (Å²) in [4.78, 5) is 16.0. The van der Waals surface area contributed by atoms with Crippen molar-refractivity contribution in [3.63, 3.8) is 0 Å². The second-order valence-electron chi connectivity index (χ2n) is 4.56. The maximum atomic E-state index is 12.1. The molecule has 0 radical (unpaired) electrons. The largest absolute Gasteiger partial charge is 0.506 e. The number of aromatic hydroxyl groups is 1. The van der Waals surface area contributed by atoms with Crippen molar-refractivity contribution in [2.24, 2.45) is 0 Å². The summed E-state index contributed by atoms with van der Waals surface area (Å²) in [5.74, 6) is 0.201. The molecule has 6 nitrogen and oxygen atoms in total. The van der Waals surface area contributed by atoms with E-state index in [-0.39, 0.29) is 11.7 Å². The Bertz CT molecular complexity index is 594. The number of aromatic nitrogens is 2. The summed E-state index contributed by atoms with van der Waals surface area (Å²) in [7, 11) is 0. The molecule has 0 aliphatic carbocycles. The predicted octanol–water partition coefficient (Wildman–Crippen LogP) is 1.21. The van der Waals surface area contributed by atoms with E-state index < -0.39 is 0 Å². The first-order valence-electron chi connectivity index (χ1n) is 6.35. The number of amides is 1. The highest BCUT2D eigenvalue weighted by Crippen LogP contribution is 2.27. The first kappa shape index (κ1) is 12.9. The van der Waals surface area contributed by atoms with Gasteiger partial charge < -0.3 is 14.9 Å². The number of phenolic OH excluding ortho intramolecular Hbond substituents is 1. The van der Waals surface area contributed by atoms with E-state index in [9.17, 15) is 9.90 Å². The number of phenols is 1. The summed E-state index contributed by atoms with van der Waals surface area (Å²) >= 11 is 1.04. The lowest BCUT2D eigenvalue weighted by atomic mass is 10.2. The summed E-state index contributed by atoms with van der Waals surface area (Å²) in [6.45, 7) is 2.62. The Hall–Kier alpha value is -2.15. The molecule has 1 aromatic carbocycles. The van der Waals surface area contributed by atoms with Crippen LogP contribution in [0.1, 0.15) is 10.5 Å². The molecule has 2 heterocycles. The zero-order valence-electron chi connectivity index (χ0n) is 10.8. The summed E-state index contributed by atoms with van der Waals surface area (Å²) < 4.78 is 7.82. The molecule has 0 atom stereocenters. The molecule has 1 fully saturated rings. The third-order valence-electron chi connectivity index (χ3n) is 3.37. The minimum atomic E-state index is -0.0734. The second-order valence-corrected chi connectivity index (χ2v) is 5.12. The van der Waals surface area contributed by atoms with E-state index >= 15 is 0 Å². The summed E-state index contributed by atoms with van der Waals surface area (Å²) in [5.41, 5.74) is 1.22. The second kappa shape index (κ2) is 5.46. The molecule has 0 saturated carbocycles. The minimum Gasteiger partial charge on any atom is -0.506 e. The molecule has 1 aliphatic rings. The van der Waals surface area contributed by atoms with E-state index in [4.69, 9.17) is 0 Å². The number of nitrogens with zero attached hydrogens (tertiary/aromatic N) is 4. The van der Waals surface area contributed by atoms with E-state index in [0.717, 1.165) is 17.4 Å². The molecule has 0 spiro atoms. The Morgan fingerprint density at radius 2 is 1.95 bits per heavy atom. The molecule has 1 amide bonds. The number of hydrogen-bond acceptors (Lipinski definition) is 6. The van der Waals surface area contributed by atoms with Gasteiger partial charge in [-0.2, -0.15) is 8.75 Å². The van der Waals surface area contributed by atoms with Gasteiger partial charge in [0.2, 0.25) is 0 Å². The van der Waals surface area contributed by atoms with Crippen LogP contribution in [0.5, 0.6) is 5.75 Å². The monoisotopic (exact) mass is 290 g/mol. The quantitative estimate of drug-likeness (QED) is 0.900. The van der Waals surface area contributed by atoms with Crippen molar-refractivity contribution in [3.05, 3.63) is 36.2 Å². The van der Waals surface area contributed by atoms with Crippen LogP contribution in [0.4, 0.5) is 5.69 Å². The van der Waals surface area contributed by atoms with Crippen molar-refractivity contribution in [1.29, 1.82) is 0 Å². The number of rotatable bonds is 2. The maximum Gasteiger partial charge on any atom is 0.275 e. The van der Waals surface area contributed by atoms with Crippen LogP contribution >= 0.6 is 11.7 Å². The van der Waals surface area contributed by atoms with Crippen molar-refractivity contribution >= 4 is 23.3 Å². The fraction of sp³-hybridized carbons (Fsp3) is 0.308. The number of carbonyl (C=O) groups is 1. The van der Waals surface area contributed by atoms with Gasteiger partial charge in [-0.3, -0.25) is 4.79 Å². The molecule has 2 aromatic rings. The SMILES string of the molecule is O=C(c1cnsn1)N1CCN(c2ccccc2O)CC1. The average molecular weight is 290 g/mol. The van der Waals surface area contributed by atoms with Crippen LogP contribution in [0.25, 0.3) is 0 Å². The fourth-order valence-corrected chi connectivity index (χ4v) is 2.71. The lowest BCUT2D eigenvalue weighted by Gasteiger charge is -2.35. The molecular weight excluding hydrogens is 276 g/mol. The van der Waals surface area contributed by atoms with Crippen LogP contribution in [0.15, 0.2) is 30.5 Å². The Labute approximate surface area is 120 Å². The Morgan fingerprint density at radius 1 is 1.20 bits per heavy atom. The summed E-state index contributed by atoms with van der Waals surface area (Å²) in [6.07, 6.45) is 1.50. The van der Waals surface area contributed by atoms with Gasteiger partial charge in [-0.05, 0) is 12.1 Å². The first-order valence-corrected chi connectivity index (χ1v) is 7.08. The molecule has 3 rings (SSSR count). The van der Waals surface area contributed by atoms with Gasteiger partial charge in [0.15, 0.2) is 5.69 Å². The molecule has 1 aliphatic heterocycles. The van der Waals surface area contributed by atoms with Gasteiger partial charge in [-0.25, -0.2) is 0 Å². The Balaban J connectivity index is 1.65. The van der Waals surface area contributed by atoms with Crippen LogP contribution in [-0.2, 0) is 0 Å². The highest BCUT2D eigenvalue weighted by Gasteiger charge is 2.24. The fourth-order valence-electron chi connectivity index (χ4n) is 2.30. The van der Waals surface area contributed by atoms with E-state index in [1.165, 1.54) is 6.20 Å². The van der Waals surface area contributed by atoms with Gasteiger partial charge in [0.25, 0.3) is 5.91 Å². The molecule has 7 heteroatoms. The zero-order valence-corrected chi connectivity index (χ0v) is 11.6. The highest BCUT2D eigenvalue weighted by atomic mass is 32.1. The molecule has 20 heavy (non-hydrogen) atoms. The van der Waals surface area contributed by atoms with Gasteiger partial charge >= 0.3 is 0 Å². The van der Waals surface area contributed by atoms with Gasteiger partial charge in [-0.1, -0.05) is 12.1 Å². The molecule has 1 N–H and O–H groups in total. The Morgan fingerprint density at radius 3 is 2.60 bits per heavy atom. The lowest BCUT2D eigenvalue weighted by molar-refractivity contribution is 0.0742. The number of piperazine rings is 1. The van der Waals surface area contributed by atoms with Crippen molar-refractivity contribution in [1.82, 2.24) is 13.6 Å². The van der Waals surface area contributed by atoms with E-state index in [1.54, 1.807) is 17.0 Å². The van der Waals surface area contributed by atoms with Crippen LogP contribution in [0.2, 0.25) is 0 Å². The third-order valence-corrected chi connectivity index (χ3v) is 3.85. The van der Waals surface area contributed by atoms with Gasteiger partial charge in [0.1, 0.15) is 5.75 Å². The standard InChI is InChI=1S/C13H14N4O2S/c18-12-4-2-1-3-11(12)16-5-7-17(8-6-16)13(19)10-9-14-20-15-10/h1-4,9,18H,5-8H2. The van der Waals surface area contributed by atoms with Crippen LogP contribution in [-0.4, -0.2) is 50.8 Å². The molecule has 1 saturated heterocycles. The number of para-hydroxylation sites is 2. The number of hydrogen-bond donors (Lipinski definition) is 1. The topological polar surface area (TPSA) is 69.6 Å². The lowest BCUT2D eigenvalue weighted by Crippen LogP contribution is -2.48. The van der Waals surface area contributed by atoms with E-state index in [1.807, 2.05) is 12.1 Å². The van der Waals surface area contributed by atoms with Crippen LogP contribution in [0, 0.1) is 0 Å². The van der Waals surface area contributed by atoms with Crippen molar-refractivity contribution < 1.29 is 9.90 Å². The number of carbonyl (C=O) groups excluding carboxylic acids is 1. The van der Waals surface area contributed by atoms with Crippen molar-refractivity contribution in [3.8, 4) is 5.75 Å².